The number of anilines is 1. The maximum absolute atomic E-state index is 12.6. The molecule has 2 amide bonds. The van der Waals surface area contributed by atoms with Gasteiger partial charge in [-0.25, -0.2) is 4.98 Å². The first-order valence-corrected chi connectivity index (χ1v) is 11.2. The van der Waals surface area contributed by atoms with E-state index in [0.717, 1.165) is 39.0 Å². The molecule has 0 spiro atoms. The van der Waals surface area contributed by atoms with E-state index in [4.69, 9.17) is 0 Å². The van der Waals surface area contributed by atoms with Gasteiger partial charge in [0, 0.05) is 64.0 Å². The van der Waals surface area contributed by atoms with Crippen molar-refractivity contribution in [3.8, 4) is 0 Å². The summed E-state index contributed by atoms with van der Waals surface area (Å²) in [6.07, 6.45) is 2.67. The maximum Gasteiger partial charge on any atom is 0.251 e. The summed E-state index contributed by atoms with van der Waals surface area (Å²) in [6, 6.07) is 11.9. The third kappa shape index (κ3) is 5.63. The highest BCUT2D eigenvalue weighted by Gasteiger charge is 2.22. The second kappa shape index (κ2) is 10.1. The molecule has 1 fully saturated rings. The summed E-state index contributed by atoms with van der Waals surface area (Å²) >= 11 is 0. The van der Waals surface area contributed by atoms with Crippen molar-refractivity contribution in [2.24, 2.45) is 0 Å². The Hall–Kier alpha value is -2.97. The average Bonchev–Trinajstić information content (AvgIpc) is 3.20. The largest absolute Gasteiger partial charge is 0.390 e. The molecule has 0 aliphatic carbocycles. The monoisotopic (exact) mass is 437 g/mol. The summed E-state index contributed by atoms with van der Waals surface area (Å²) in [7, 11) is 0. The van der Waals surface area contributed by atoms with Gasteiger partial charge in [-0.05, 0) is 36.1 Å². The molecule has 0 bridgehead atoms. The Bertz CT molecular complexity index is 933. The molecule has 3 heterocycles. The Kier molecular flexibility index (Phi) is 7.02. The number of aliphatic hydroxyl groups excluding tert-OH is 1. The fraction of sp³-hybridized carbons (Fsp3) is 0.458. The maximum atomic E-state index is 12.6. The van der Waals surface area contributed by atoms with Crippen LogP contribution < -0.4 is 10.6 Å². The van der Waals surface area contributed by atoms with Crippen LogP contribution in [0.25, 0.3) is 0 Å². The summed E-state index contributed by atoms with van der Waals surface area (Å²) in [5, 5.41) is 16.6. The van der Waals surface area contributed by atoms with Crippen LogP contribution in [0.5, 0.6) is 0 Å². The smallest absolute Gasteiger partial charge is 0.251 e. The van der Waals surface area contributed by atoms with E-state index < -0.39 is 6.10 Å². The quantitative estimate of drug-likeness (QED) is 0.609. The third-order valence-electron chi connectivity index (χ3n) is 6.19. The molecule has 8 heteroatoms. The van der Waals surface area contributed by atoms with E-state index in [0.29, 0.717) is 17.9 Å². The van der Waals surface area contributed by atoms with E-state index in [-0.39, 0.29) is 24.4 Å². The van der Waals surface area contributed by atoms with Gasteiger partial charge in [0.25, 0.3) is 5.91 Å². The molecule has 4 rings (SSSR count). The van der Waals surface area contributed by atoms with Gasteiger partial charge in [0.2, 0.25) is 5.91 Å². The Morgan fingerprint density at radius 2 is 1.84 bits per heavy atom. The molecule has 3 N–H and O–H groups in total. The van der Waals surface area contributed by atoms with Gasteiger partial charge in [-0.15, -0.1) is 0 Å². The zero-order valence-corrected chi connectivity index (χ0v) is 18.5. The van der Waals surface area contributed by atoms with Crippen molar-refractivity contribution in [1.29, 1.82) is 0 Å². The van der Waals surface area contributed by atoms with Crippen molar-refractivity contribution in [2.45, 2.75) is 45.0 Å². The second-order valence-corrected chi connectivity index (χ2v) is 8.66. The first-order chi connectivity index (χ1) is 15.5. The van der Waals surface area contributed by atoms with Crippen molar-refractivity contribution in [1.82, 2.24) is 20.1 Å². The van der Waals surface area contributed by atoms with Crippen LogP contribution in [0.3, 0.4) is 0 Å². The van der Waals surface area contributed by atoms with Crippen LogP contribution in [0, 0.1) is 0 Å². The minimum absolute atomic E-state index is 0.108. The van der Waals surface area contributed by atoms with Gasteiger partial charge in [-0.3, -0.25) is 14.5 Å². The van der Waals surface area contributed by atoms with E-state index in [9.17, 15) is 14.7 Å². The highest BCUT2D eigenvalue weighted by Crippen LogP contribution is 2.22. The highest BCUT2D eigenvalue weighted by atomic mass is 16.3. The Morgan fingerprint density at radius 3 is 2.50 bits per heavy atom. The Balaban J connectivity index is 1.23. The lowest BCUT2D eigenvalue weighted by Gasteiger charge is -2.32. The van der Waals surface area contributed by atoms with Gasteiger partial charge in [-0.1, -0.05) is 24.3 Å². The molecule has 0 radical (unpaired) electrons. The molecule has 1 saturated heterocycles. The van der Waals surface area contributed by atoms with Crippen LogP contribution in [0.4, 0.5) is 5.82 Å². The van der Waals surface area contributed by atoms with E-state index in [1.165, 1.54) is 11.1 Å². The van der Waals surface area contributed by atoms with Crippen molar-refractivity contribution in [3.63, 3.8) is 0 Å². The molecule has 8 nitrogen and oxygen atoms in total. The molecule has 2 aliphatic rings. The highest BCUT2D eigenvalue weighted by molar-refractivity contribution is 5.94. The normalized spacial score (nSPS) is 17.6. The van der Waals surface area contributed by atoms with Crippen molar-refractivity contribution < 1.29 is 14.7 Å². The van der Waals surface area contributed by atoms with Crippen LogP contribution in [0.15, 0.2) is 42.6 Å². The van der Waals surface area contributed by atoms with Crippen molar-refractivity contribution in [3.05, 3.63) is 59.3 Å². The summed E-state index contributed by atoms with van der Waals surface area (Å²) in [5.74, 6) is 0.525. The van der Waals surface area contributed by atoms with Gasteiger partial charge in [-0.2, -0.15) is 0 Å². The van der Waals surface area contributed by atoms with Gasteiger partial charge < -0.3 is 20.6 Å². The standard InChI is InChI=1S/C24H31N5O3/c1-17(30)29-10-7-21(8-11-29)27-23-12-18(6-9-25-23)24(32)26-13-22(31)16-28-14-19-4-2-3-5-20(19)15-28/h2-6,9,12,21-22,31H,7-8,10-11,13-16H2,1H3,(H,25,27)(H,26,32)/t22-/m0/s1. The first-order valence-electron chi connectivity index (χ1n) is 11.2. The first kappa shape index (κ1) is 22.2. The number of aromatic nitrogens is 1. The number of fused-ring (bicyclic) bond motifs is 1. The molecular weight excluding hydrogens is 406 g/mol. The zero-order chi connectivity index (χ0) is 22.5. The Labute approximate surface area is 188 Å². The van der Waals surface area contributed by atoms with Crippen molar-refractivity contribution in [2.75, 3.05) is 31.5 Å². The predicted molar refractivity (Wildman–Crippen MR) is 122 cm³/mol. The second-order valence-electron chi connectivity index (χ2n) is 8.66. The van der Waals surface area contributed by atoms with Gasteiger partial charge in [0.1, 0.15) is 5.82 Å². The van der Waals surface area contributed by atoms with Crippen LogP contribution in [0.2, 0.25) is 0 Å². The molecule has 2 aromatic rings. The Morgan fingerprint density at radius 1 is 1.16 bits per heavy atom. The van der Waals surface area contributed by atoms with Gasteiger partial charge in [0.15, 0.2) is 0 Å². The molecule has 1 aromatic heterocycles. The minimum Gasteiger partial charge on any atom is -0.390 e. The number of β-amino-alcohol motifs (C(OH)–C–C–N with tert-alkyl or cyclic N) is 1. The summed E-state index contributed by atoms with van der Waals surface area (Å²) in [6.45, 7) is 5.41. The van der Waals surface area contributed by atoms with Crippen LogP contribution >= 0.6 is 0 Å². The number of rotatable bonds is 7. The number of amides is 2. The molecule has 170 valence electrons. The van der Waals surface area contributed by atoms with Gasteiger partial charge in [0.05, 0.1) is 6.10 Å². The predicted octanol–water partition coefficient (Wildman–Crippen LogP) is 1.61. The fourth-order valence-electron chi connectivity index (χ4n) is 4.41. The van der Waals surface area contributed by atoms with Gasteiger partial charge >= 0.3 is 0 Å². The summed E-state index contributed by atoms with van der Waals surface area (Å²) < 4.78 is 0. The number of hydrogen-bond donors (Lipinski definition) is 3. The number of likely N-dealkylation sites (tertiary alicyclic amines) is 1. The SMILES string of the molecule is CC(=O)N1CCC(Nc2cc(C(=O)NC[C@H](O)CN3Cc4ccccc4C3)ccn2)CC1. The van der Waals surface area contributed by atoms with E-state index in [1.807, 2.05) is 17.0 Å². The number of nitrogens with one attached hydrogen (secondary N) is 2. The molecule has 0 saturated carbocycles. The number of benzene rings is 1. The number of piperidine rings is 1. The zero-order valence-electron chi connectivity index (χ0n) is 18.5. The lowest BCUT2D eigenvalue weighted by atomic mass is 10.0. The molecular formula is C24H31N5O3. The van der Waals surface area contributed by atoms with Crippen LogP contribution in [-0.4, -0.2) is 70.0 Å². The molecule has 0 unspecified atom stereocenters. The number of carbonyl (C=O) groups excluding carboxylic acids is 2. The molecule has 1 aromatic carbocycles. The number of nitrogens with zero attached hydrogens (tertiary/aromatic N) is 3. The fourth-order valence-corrected chi connectivity index (χ4v) is 4.41. The number of hydrogen-bond acceptors (Lipinski definition) is 6. The lowest BCUT2D eigenvalue weighted by Crippen LogP contribution is -2.41. The summed E-state index contributed by atoms with van der Waals surface area (Å²) in [5.41, 5.74) is 3.10. The summed E-state index contributed by atoms with van der Waals surface area (Å²) in [4.78, 5) is 32.4. The average molecular weight is 438 g/mol. The minimum atomic E-state index is -0.640. The molecule has 2 aliphatic heterocycles. The van der Waals surface area contributed by atoms with E-state index >= 15 is 0 Å². The third-order valence-corrected chi connectivity index (χ3v) is 6.19. The number of aliphatic hydroxyl groups is 1. The number of carbonyl (C=O) groups is 2. The van der Waals surface area contributed by atoms with Crippen LogP contribution in [-0.2, 0) is 17.9 Å². The van der Waals surface area contributed by atoms with Crippen LogP contribution in [0.1, 0.15) is 41.3 Å². The van der Waals surface area contributed by atoms with Crippen molar-refractivity contribution >= 4 is 17.6 Å². The molecule has 1 atom stereocenters. The molecule has 32 heavy (non-hydrogen) atoms. The van der Waals surface area contributed by atoms with E-state index in [2.05, 4.69) is 32.7 Å². The lowest BCUT2D eigenvalue weighted by molar-refractivity contribution is -0.129. The number of pyridine rings is 1. The van der Waals surface area contributed by atoms with E-state index in [1.54, 1.807) is 25.3 Å². The topological polar surface area (TPSA) is 97.8 Å².